The lowest BCUT2D eigenvalue weighted by molar-refractivity contribution is 0.201. The summed E-state index contributed by atoms with van der Waals surface area (Å²) in [6.07, 6.45) is 6.53. The number of aliphatic hydroxyl groups excluding tert-OH is 1. The van der Waals surface area contributed by atoms with Gasteiger partial charge in [0.1, 0.15) is 0 Å². The fourth-order valence-electron chi connectivity index (χ4n) is 2.36. The fourth-order valence-corrected chi connectivity index (χ4v) is 2.36. The van der Waals surface area contributed by atoms with Crippen LogP contribution in [-0.4, -0.2) is 24.3 Å². The van der Waals surface area contributed by atoms with Crippen molar-refractivity contribution in [1.82, 2.24) is 5.32 Å². The molecule has 0 aromatic carbocycles. The van der Waals surface area contributed by atoms with Crippen molar-refractivity contribution in [2.75, 3.05) is 13.2 Å². The van der Waals surface area contributed by atoms with Crippen molar-refractivity contribution in [1.29, 1.82) is 0 Å². The Hall–Kier alpha value is -0.0800. The van der Waals surface area contributed by atoms with Crippen LogP contribution < -0.4 is 5.32 Å². The minimum absolute atomic E-state index is 0.280. The first-order valence-electron chi connectivity index (χ1n) is 5.60. The first kappa shape index (κ1) is 9.47. The maximum atomic E-state index is 9.16. The summed E-state index contributed by atoms with van der Waals surface area (Å²) in [4.78, 5) is 0. The van der Waals surface area contributed by atoms with E-state index < -0.39 is 0 Å². The predicted molar refractivity (Wildman–Crippen MR) is 53.6 cm³/mol. The van der Waals surface area contributed by atoms with Gasteiger partial charge in [0.05, 0.1) is 0 Å². The zero-order chi connectivity index (χ0) is 9.31. The number of hydrogen-bond donors (Lipinski definition) is 2. The van der Waals surface area contributed by atoms with Crippen LogP contribution in [0.25, 0.3) is 0 Å². The van der Waals surface area contributed by atoms with Crippen LogP contribution in [0.3, 0.4) is 0 Å². The van der Waals surface area contributed by atoms with Gasteiger partial charge in [0.2, 0.25) is 0 Å². The molecule has 2 N–H and O–H groups in total. The van der Waals surface area contributed by atoms with Gasteiger partial charge in [-0.3, -0.25) is 0 Å². The van der Waals surface area contributed by atoms with Gasteiger partial charge >= 0.3 is 0 Å². The van der Waals surface area contributed by atoms with Crippen molar-refractivity contribution in [3.05, 3.63) is 0 Å². The van der Waals surface area contributed by atoms with Crippen LogP contribution in [-0.2, 0) is 0 Å². The fraction of sp³-hybridized carbons (Fsp3) is 1.00. The zero-order valence-electron chi connectivity index (χ0n) is 8.55. The molecule has 0 radical (unpaired) electrons. The molecule has 2 saturated carbocycles. The molecule has 2 fully saturated rings. The van der Waals surface area contributed by atoms with E-state index in [1.165, 1.54) is 32.1 Å². The van der Waals surface area contributed by atoms with Gasteiger partial charge in [0.25, 0.3) is 0 Å². The Bertz CT molecular complexity index is 177. The molecule has 0 aliphatic heterocycles. The smallest absolute Gasteiger partial charge is 0.0499 e. The topological polar surface area (TPSA) is 32.3 Å². The molecule has 0 aromatic heterocycles. The normalized spacial score (nSPS) is 36.5. The van der Waals surface area contributed by atoms with Crippen molar-refractivity contribution >= 4 is 0 Å². The third-order valence-corrected chi connectivity index (χ3v) is 3.89. The maximum absolute atomic E-state index is 9.16. The summed E-state index contributed by atoms with van der Waals surface area (Å²) >= 11 is 0. The summed E-state index contributed by atoms with van der Waals surface area (Å²) in [7, 11) is 0. The van der Waals surface area contributed by atoms with Gasteiger partial charge in [-0.1, -0.05) is 13.3 Å². The van der Waals surface area contributed by atoms with Crippen LogP contribution in [0.15, 0.2) is 0 Å². The van der Waals surface area contributed by atoms with Crippen LogP contribution in [0.5, 0.6) is 0 Å². The maximum Gasteiger partial charge on any atom is 0.0499 e. The average Bonchev–Trinajstić information content (AvgIpc) is 2.82. The lowest BCUT2D eigenvalue weighted by atomic mass is 10.0. The molecule has 0 amide bonds. The second-order valence-electron chi connectivity index (χ2n) is 5.05. The SMILES string of the molecule is CC1CCCC1NCC1(CO)CC1. The van der Waals surface area contributed by atoms with E-state index in [0.717, 1.165) is 18.5 Å². The Labute approximate surface area is 80.7 Å². The highest BCUT2D eigenvalue weighted by Crippen LogP contribution is 2.44. The number of hydrogen-bond acceptors (Lipinski definition) is 2. The van der Waals surface area contributed by atoms with Gasteiger partial charge in [-0.15, -0.1) is 0 Å². The summed E-state index contributed by atoms with van der Waals surface area (Å²) in [6.45, 7) is 3.75. The van der Waals surface area contributed by atoms with Crippen LogP contribution in [0, 0.1) is 11.3 Å². The molecule has 2 heteroatoms. The van der Waals surface area contributed by atoms with Crippen molar-refractivity contribution in [2.45, 2.75) is 45.1 Å². The Morgan fingerprint density at radius 2 is 2.15 bits per heavy atom. The number of aliphatic hydroxyl groups is 1. The molecule has 2 atom stereocenters. The summed E-state index contributed by atoms with van der Waals surface area (Å²) in [6, 6.07) is 0.726. The van der Waals surface area contributed by atoms with E-state index in [0.29, 0.717) is 6.61 Å². The predicted octanol–water partition coefficient (Wildman–Crippen LogP) is 1.54. The third kappa shape index (κ3) is 2.05. The van der Waals surface area contributed by atoms with Gasteiger partial charge in [-0.2, -0.15) is 0 Å². The highest BCUT2D eigenvalue weighted by atomic mass is 16.3. The van der Waals surface area contributed by atoms with E-state index >= 15 is 0 Å². The zero-order valence-corrected chi connectivity index (χ0v) is 8.55. The van der Waals surface area contributed by atoms with Gasteiger partial charge in [0.15, 0.2) is 0 Å². The van der Waals surface area contributed by atoms with Crippen LogP contribution in [0.4, 0.5) is 0 Å². The molecular formula is C11H21NO. The number of nitrogens with one attached hydrogen (secondary N) is 1. The standard InChI is InChI=1S/C11H21NO/c1-9-3-2-4-10(9)12-7-11(8-13)5-6-11/h9-10,12-13H,2-8H2,1H3. The first-order chi connectivity index (χ1) is 6.26. The first-order valence-corrected chi connectivity index (χ1v) is 5.60. The van der Waals surface area contributed by atoms with Crippen molar-refractivity contribution in [3.63, 3.8) is 0 Å². The minimum atomic E-state index is 0.280. The van der Waals surface area contributed by atoms with Crippen molar-refractivity contribution < 1.29 is 5.11 Å². The molecule has 76 valence electrons. The average molecular weight is 183 g/mol. The summed E-state index contributed by atoms with van der Waals surface area (Å²) in [5.74, 6) is 0.842. The molecular weight excluding hydrogens is 162 g/mol. The van der Waals surface area contributed by atoms with Crippen molar-refractivity contribution in [3.8, 4) is 0 Å². The molecule has 13 heavy (non-hydrogen) atoms. The molecule has 0 aromatic rings. The molecule has 2 aliphatic carbocycles. The second kappa shape index (κ2) is 3.58. The van der Waals surface area contributed by atoms with Gasteiger partial charge < -0.3 is 10.4 Å². The van der Waals surface area contributed by atoms with Crippen LogP contribution >= 0.6 is 0 Å². The Kier molecular flexibility index (Phi) is 2.61. The highest BCUT2D eigenvalue weighted by Gasteiger charge is 2.42. The van der Waals surface area contributed by atoms with Crippen LogP contribution in [0.1, 0.15) is 39.0 Å². The van der Waals surface area contributed by atoms with E-state index in [-0.39, 0.29) is 5.41 Å². The third-order valence-electron chi connectivity index (χ3n) is 3.89. The second-order valence-corrected chi connectivity index (χ2v) is 5.05. The van der Waals surface area contributed by atoms with Gasteiger partial charge in [-0.05, 0) is 31.6 Å². The molecule has 0 saturated heterocycles. The van der Waals surface area contributed by atoms with E-state index in [9.17, 15) is 0 Å². The molecule has 0 spiro atoms. The molecule has 2 unspecified atom stereocenters. The highest BCUT2D eigenvalue weighted by molar-refractivity contribution is 4.95. The quantitative estimate of drug-likeness (QED) is 0.693. The molecule has 2 aliphatic rings. The molecule has 0 heterocycles. The van der Waals surface area contributed by atoms with E-state index in [4.69, 9.17) is 5.11 Å². The minimum Gasteiger partial charge on any atom is -0.396 e. The molecule has 2 rings (SSSR count). The van der Waals surface area contributed by atoms with E-state index in [1.807, 2.05) is 0 Å². The molecule has 2 nitrogen and oxygen atoms in total. The Morgan fingerprint density at radius 1 is 1.38 bits per heavy atom. The van der Waals surface area contributed by atoms with Crippen LogP contribution in [0.2, 0.25) is 0 Å². The summed E-state index contributed by atoms with van der Waals surface area (Å²) in [5.41, 5.74) is 0.280. The van der Waals surface area contributed by atoms with E-state index in [1.54, 1.807) is 0 Å². The summed E-state index contributed by atoms with van der Waals surface area (Å²) in [5, 5.41) is 12.8. The van der Waals surface area contributed by atoms with E-state index in [2.05, 4.69) is 12.2 Å². The van der Waals surface area contributed by atoms with Crippen molar-refractivity contribution in [2.24, 2.45) is 11.3 Å². The Balaban J connectivity index is 1.73. The molecule has 0 bridgehead atoms. The van der Waals surface area contributed by atoms with Gasteiger partial charge in [-0.25, -0.2) is 0 Å². The Morgan fingerprint density at radius 3 is 2.62 bits per heavy atom. The lowest BCUT2D eigenvalue weighted by Gasteiger charge is -2.20. The monoisotopic (exact) mass is 183 g/mol. The number of rotatable bonds is 4. The lowest BCUT2D eigenvalue weighted by Crippen LogP contribution is -2.36. The largest absolute Gasteiger partial charge is 0.396 e. The van der Waals surface area contributed by atoms with Gasteiger partial charge in [0, 0.05) is 24.6 Å². The summed E-state index contributed by atoms with van der Waals surface area (Å²) < 4.78 is 0.